The summed E-state index contributed by atoms with van der Waals surface area (Å²) in [7, 11) is 1.61. The van der Waals surface area contributed by atoms with Gasteiger partial charge < -0.3 is 10.1 Å². The molecule has 4 rings (SSSR count). The standard InChI is InChI=1S/C22H21N5O3/c1-14-5-4-6-17(11-14)24-21(28)13-26-22(29)27-15(2)23-19(12-20(27)25-26)16-7-9-18(30-3)10-8-16/h4-12H,13H2,1-3H3,(H,24,28). The number of hydrogen-bond acceptors (Lipinski definition) is 5. The highest BCUT2D eigenvalue weighted by molar-refractivity contribution is 5.90. The van der Waals surface area contributed by atoms with Gasteiger partial charge in [0.05, 0.1) is 12.8 Å². The normalized spacial score (nSPS) is 10.9. The summed E-state index contributed by atoms with van der Waals surface area (Å²) in [4.78, 5) is 29.7. The lowest BCUT2D eigenvalue weighted by Crippen LogP contribution is -2.28. The van der Waals surface area contributed by atoms with E-state index in [2.05, 4.69) is 15.4 Å². The molecule has 0 atom stereocenters. The van der Waals surface area contributed by atoms with Crippen LogP contribution in [0.15, 0.2) is 59.4 Å². The molecule has 0 aliphatic heterocycles. The minimum absolute atomic E-state index is 0.189. The van der Waals surface area contributed by atoms with E-state index in [-0.39, 0.29) is 12.5 Å². The summed E-state index contributed by atoms with van der Waals surface area (Å²) < 4.78 is 7.73. The number of ether oxygens (including phenoxy) is 1. The fourth-order valence-corrected chi connectivity index (χ4v) is 3.27. The molecule has 1 N–H and O–H groups in total. The van der Waals surface area contributed by atoms with E-state index in [4.69, 9.17) is 4.74 Å². The first-order chi connectivity index (χ1) is 14.4. The molecular weight excluding hydrogens is 382 g/mol. The maximum atomic E-state index is 12.7. The average Bonchev–Trinajstić information content (AvgIpc) is 3.03. The van der Waals surface area contributed by atoms with Crippen molar-refractivity contribution < 1.29 is 9.53 Å². The third-order valence-corrected chi connectivity index (χ3v) is 4.72. The number of amides is 1. The summed E-state index contributed by atoms with van der Waals surface area (Å²) in [5, 5.41) is 7.12. The van der Waals surface area contributed by atoms with E-state index in [0.717, 1.165) is 21.6 Å². The van der Waals surface area contributed by atoms with Crippen LogP contribution in [0.2, 0.25) is 0 Å². The van der Waals surface area contributed by atoms with Crippen molar-refractivity contribution in [1.29, 1.82) is 0 Å². The molecular formula is C22H21N5O3. The minimum atomic E-state index is -0.407. The molecule has 0 aliphatic carbocycles. The summed E-state index contributed by atoms with van der Waals surface area (Å²) in [5.41, 5.74) is 3.30. The van der Waals surface area contributed by atoms with Crippen LogP contribution in [0.4, 0.5) is 5.69 Å². The van der Waals surface area contributed by atoms with Crippen molar-refractivity contribution in [2.45, 2.75) is 20.4 Å². The molecule has 152 valence electrons. The van der Waals surface area contributed by atoms with Gasteiger partial charge in [-0.15, -0.1) is 5.10 Å². The van der Waals surface area contributed by atoms with Gasteiger partial charge in [0.25, 0.3) is 0 Å². The Bertz CT molecular complexity index is 1290. The summed E-state index contributed by atoms with van der Waals surface area (Å²) in [5.74, 6) is 0.914. The van der Waals surface area contributed by atoms with Gasteiger partial charge in [-0.05, 0) is 55.8 Å². The first-order valence-corrected chi connectivity index (χ1v) is 9.43. The predicted molar refractivity (Wildman–Crippen MR) is 114 cm³/mol. The fourth-order valence-electron chi connectivity index (χ4n) is 3.27. The number of benzene rings is 2. The maximum absolute atomic E-state index is 12.7. The first-order valence-electron chi connectivity index (χ1n) is 9.43. The number of aromatic nitrogens is 4. The molecule has 0 aliphatic rings. The molecule has 0 saturated carbocycles. The van der Waals surface area contributed by atoms with Crippen molar-refractivity contribution in [3.63, 3.8) is 0 Å². The lowest BCUT2D eigenvalue weighted by atomic mass is 10.1. The lowest BCUT2D eigenvalue weighted by Gasteiger charge is -2.05. The van der Waals surface area contributed by atoms with Gasteiger partial charge in [-0.2, -0.15) is 0 Å². The van der Waals surface area contributed by atoms with E-state index < -0.39 is 5.69 Å². The Morgan fingerprint density at radius 2 is 1.87 bits per heavy atom. The van der Waals surface area contributed by atoms with Gasteiger partial charge in [0.15, 0.2) is 5.65 Å². The number of anilines is 1. The maximum Gasteiger partial charge on any atom is 0.352 e. The van der Waals surface area contributed by atoms with Crippen LogP contribution in [-0.2, 0) is 11.3 Å². The van der Waals surface area contributed by atoms with E-state index in [1.54, 1.807) is 26.2 Å². The number of rotatable bonds is 5. The summed E-state index contributed by atoms with van der Waals surface area (Å²) in [6.07, 6.45) is 0. The van der Waals surface area contributed by atoms with Crippen LogP contribution in [-0.4, -0.2) is 32.2 Å². The van der Waals surface area contributed by atoms with Gasteiger partial charge in [-0.25, -0.2) is 18.9 Å². The van der Waals surface area contributed by atoms with Gasteiger partial charge in [0.1, 0.15) is 18.1 Å². The van der Waals surface area contributed by atoms with Crippen LogP contribution >= 0.6 is 0 Å². The number of nitrogens with one attached hydrogen (secondary N) is 1. The molecule has 0 saturated heterocycles. The van der Waals surface area contributed by atoms with Gasteiger partial charge in [-0.3, -0.25) is 4.79 Å². The second kappa shape index (κ2) is 7.82. The molecule has 0 unspecified atom stereocenters. The van der Waals surface area contributed by atoms with Crippen molar-refractivity contribution in [1.82, 2.24) is 19.2 Å². The van der Waals surface area contributed by atoms with Gasteiger partial charge in [0, 0.05) is 17.3 Å². The zero-order valence-electron chi connectivity index (χ0n) is 16.9. The van der Waals surface area contributed by atoms with Crippen LogP contribution in [0, 0.1) is 13.8 Å². The van der Waals surface area contributed by atoms with E-state index in [0.29, 0.717) is 22.9 Å². The Balaban J connectivity index is 1.63. The molecule has 1 amide bonds. The number of carbonyl (C=O) groups excluding carboxylic acids is 1. The number of aryl methyl sites for hydroxylation is 2. The molecule has 8 heteroatoms. The molecule has 2 heterocycles. The number of methoxy groups -OCH3 is 1. The largest absolute Gasteiger partial charge is 0.497 e. The predicted octanol–water partition coefficient (Wildman–Crippen LogP) is 2.82. The molecule has 0 bridgehead atoms. The second-order valence-corrected chi connectivity index (χ2v) is 6.97. The van der Waals surface area contributed by atoms with Crippen LogP contribution in [0.5, 0.6) is 5.75 Å². The van der Waals surface area contributed by atoms with Crippen LogP contribution in [0.1, 0.15) is 11.4 Å². The van der Waals surface area contributed by atoms with Crippen molar-refractivity contribution in [3.05, 3.63) is 76.5 Å². The van der Waals surface area contributed by atoms with Gasteiger partial charge in [0.2, 0.25) is 5.91 Å². The topological polar surface area (TPSA) is 90.5 Å². The van der Waals surface area contributed by atoms with Crippen LogP contribution < -0.4 is 15.7 Å². The highest BCUT2D eigenvalue weighted by atomic mass is 16.5. The zero-order valence-corrected chi connectivity index (χ0v) is 16.9. The SMILES string of the molecule is COc1ccc(-c2cc3nn(CC(=O)Nc4cccc(C)c4)c(=O)n3c(C)n2)cc1. The van der Waals surface area contributed by atoms with Crippen LogP contribution in [0.25, 0.3) is 16.9 Å². The second-order valence-electron chi connectivity index (χ2n) is 6.97. The number of carbonyl (C=O) groups is 1. The molecule has 0 fully saturated rings. The monoisotopic (exact) mass is 403 g/mol. The number of nitrogens with zero attached hydrogens (tertiary/aromatic N) is 4. The van der Waals surface area contributed by atoms with E-state index in [1.165, 1.54) is 4.40 Å². The molecule has 0 spiro atoms. The minimum Gasteiger partial charge on any atom is -0.497 e. The van der Waals surface area contributed by atoms with Gasteiger partial charge >= 0.3 is 5.69 Å². The summed E-state index contributed by atoms with van der Waals surface area (Å²) in [6, 6.07) is 16.7. The average molecular weight is 403 g/mol. The molecule has 2 aromatic heterocycles. The van der Waals surface area contributed by atoms with Crippen molar-refractivity contribution in [2.24, 2.45) is 0 Å². The summed E-state index contributed by atoms with van der Waals surface area (Å²) >= 11 is 0. The third kappa shape index (κ3) is 3.80. The first kappa shape index (κ1) is 19.4. The van der Waals surface area contributed by atoms with Crippen molar-refractivity contribution >= 4 is 17.2 Å². The molecule has 30 heavy (non-hydrogen) atoms. The highest BCUT2D eigenvalue weighted by Gasteiger charge is 2.15. The van der Waals surface area contributed by atoms with Crippen molar-refractivity contribution in [3.8, 4) is 17.0 Å². The van der Waals surface area contributed by atoms with E-state index >= 15 is 0 Å². The Morgan fingerprint density at radius 1 is 1.10 bits per heavy atom. The van der Waals surface area contributed by atoms with Gasteiger partial charge in [-0.1, -0.05) is 12.1 Å². The van der Waals surface area contributed by atoms with E-state index in [1.807, 2.05) is 49.4 Å². The quantitative estimate of drug-likeness (QED) is 0.553. The zero-order chi connectivity index (χ0) is 21.3. The highest BCUT2D eigenvalue weighted by Crippen LogP contribution is 2.21. The Labute approximate surface area is 172 Å². The third-order valence-electron chi connectivity index (χ3n) is 4.72. The van der Waals surface area contributed by atoms with Crippen LogP contribution in [0.3, 0.4) is 0 Å². The smallest absolute Gasteiger partial charge is 0.352 e. The Kier molecular flexibility index (Phi) is 5.05. The Morgan fingerprint density at radius 3 is 2.57 bits per heavy atom. The Hall–Kier alpha value is -3.94. The van der Waals surface area contributed by atoms with Crippen molar-refractivity contribution in [2.75, 3.05) is 12.4 Å². The number of hydrogen-bond donors (Lipinski definition) is 1. The lowest BCUT2D eigenvalue weighted by molar-refractivity contribution is -0.117. The molecule has 4 aromatic rings. The fraction of sp³-hybridized carbons (Fsp3) is 0.182. The van der Waals surface area contributed by atoms with E-state index in [9.17, 15) is 9.59 Å². The summed E-state index contributed by atoms with van der Waals surface area (Å²) in [6.45, 7) is 3.49. The molecule has 0 radical (unpaired) electrons. The number of fused-ring (bicyclic) bond motifs is 1. The molecule has 8 nitrogen and oxygen atoms in total. The molecule has 2 aromatic carbocycles.